The highest BCUT2D eigenvalue weighted by Gasteiger charge is 2.27. The molecule has 1 atom stereocenters. The molecule has 126 valence electrons. The minimum Gasteiger partial charge on any atom is -0.343 e. The largest absolute Gasteiger partial charge is 0.343 e. The zero-order chi connectivity index (χ0) is 17.2. The van der Waals surface area contributed by atoms with Gasteiger partial charge in [-0.05, 0) is 50.5 Å². The number of benzene rings is 1. The number of aromatic nitrogens is 3. The predicted molar refractivity (Wildman–Crippen MR) is 95.7 cm³/mol. The van der Waals surface area contributed by atoms with Crippen LogP contribution in [0.2, 0.25) is 0 Å². The van der Waals surface area contributed by atoms with Crippen molar-refractivity contribution in [2.24, 2.45) is 0 Å². The molecule has 1 aliphatic carbocycles. The topological polar surface area (TPSA) is 59.8 Å². The molecular weight excluding hydrogens is 312 g/mol. The molecule has 0 saturated carbocycles. The fraction of sp³-hybridized carbons (Fsp3) is 0.250. The Hall–Kier alpha value is -2.95. The van der Waals surface area contributed by atoms with Gasteiger partial charge in [-0.15, -0.1) is 0 Å². The number of carbonyl (C=O) groups excluding carboxylic acids is 1. The molecule has 2 heterocycles. The van der Waals surface area contributed by atoms with E-state index in [1.165, 1.54) is 0 Å². The third-order valence-corrected chi connectivity index (χ3v) is 4.63. The second-order valence-corrected chi connectivity index (χ2v) is 6.32. The molecule has 4 rings (SSSR count). The minimum absolute atomic E-state index is 0.133. The maximum absolute atomic E-state index is 12.8. The molecule has 0 aliphatic heterocycles. The van der Waals surface area contributed by atoms with Crippen molar-refractivity contribution in [3.05, 3.63) is 77.4 Å². The number of fused-ring (bicyclic) bond motifs is 1. The van der Waals surface area contributed by atoms with Gasteiger partial charge >= 0.3 is 0 Å². The number of hydrogen-bond acceptors (Lipinski definition) is 3. The van der Waals surface area contributed by atoms with Crippen LogP contribution in [-0.2, 0) is 12.8 Å². The van der Waals surface area contributed by atoms with Crippen LogP contribution in [0.5, 0.6) is 0 Å². The number of rotatable bonds is 4. The van der Waals surface area contributed by atoms with E-state index >= 15 is 0 Å². The lowest BCUT2D eigenvalue weighted by Crippen LogP contribution is -2.28. The fourth-order valence-corrected chi connectivity index (χ4v) is 3.37. The van der Waals surface area contributed by atoms with Gasteiger partial charge in [0.15, 0.2) is 5.69 Å². The molecule has 0 spiro atoms. The van der Waals surface area contributed by atoms with Crippen LogP contribution >= 0.6 is 0 Å². The summed E-state index contributed by atoms with van der Waals surface area (Å²) in [6, 6.07) is 15.5. The van der Waals surface area contributed by atoms with Crippen LogP contribution < -0.4 is 5.32 Å². The van der Waals surface area contributed by atoms with Crippen molar-refractivity contribution in [3.63, 3.8) is 0 Å². The summed E-state index contributed by atoms with van der Waals surface area (Å²) in [5.41, 5.74) is 4.61. The Labute approximate surface area is 146 Å². The van der Waals surface area contributed by atoms with Gasteiger partial charge < -0.3 is 5.32 Å². The first-order valence-electron chi connectivity index (χ1n) is 8.62. The van der Waals surface area contributed by atoms with Gasteiger partial charge in [-0.1, -0.05) is 24.3 Å². The van der Waals surface area contributed by atoms with Gasteiger partial charge in [0, 0.05) is 17.5 Å². The highest BCUT2D eigenvalue weighted by molar-refractivity contribution is 5.94. The maximum Gasteiger partial charge on any atom is 0.272 e. The third-order valence-electron chi connectivity index (χ3n) is 4.63. The van der Waals surface area contributed by atoms with E-state index in [1.807, 2.05) is 60.1 Å². The van der Waals surface area contributed by atoms with Crippen LogP contribution in [-0.4, -0.2) is 20.7 Å². The lowest BCUT2D eigenvalue weighted by molar-refractivity contribution is 0.0932. The number of carbonyl (C=O) groups is 1. The van der Waals surface area contributed by atoms with E-state index in [0.717, 1.165) is 41.9 Å². The first-order valence-corrected chi connectivity index (χ1v) is 8.62. The fourth-order valence-electron chi connectivity index (χ4n) is 3.37. The van der Waals surface area contributed by atoms with Crippen molar-refractivity contribution in [2.75, 3.05) is 0 Å². The van der Waals surface area contributed by atoms with E-state index in [4.69, 9.17) is 0 Å². The molecule has 0 radical (unpaired) electrons. The predicted octanol–water partition coefficient (Wildman–Crippen LogP) is 3.25. The van der Waals surface area contributed by atoms with Gasteiger partial charge in [0.2, 0.25) is 0 Å². The molecule has 1 aromatic carbocycles. The number of nitrogens with one attached hydrogen (secondary N) is 1. The lowest BCUT2D eigenvalue weighted by Gasteiger charge is -2.12. The normalized spacial score (nSPS) is 14.1. The molecule has 0 unspecified atom stereocenters. The van der Waals surface area contributed by atoms with Crippen LogP contribution in [0.1, 0.15) is 46.8 Å². The molecule has 0 fully saturated rings. The summed E-state index contributed by atoms with van der Waals surface area (Å²) in [5.74, 6) is -0.133. The monoisotopic (exact) mass is 332 g/mol. The Bertz CT molecular complexity index is 887. The number of hydrogen-bond donors (Lipinski definition) is 1. The van der Waals surface area contributed by atoms with Crippen molar-refractivity contribution in [2.45, 2.75) is 32.2 Å². The molecule has 5 nitrogen and oxygen atoms in total. The minimum atomic E-state index is -0.160. The first kappa shape index (κ1) is 15.6. The second-order valence-electron chi connectivity index (χ2n) is 6.32. The van der Waals surface area contributed by atoms with Gasteiger partial charge in [-0.3, -0.25) is 9.78 Å². The Morgan fingerprint density at radius 3 is 2.68 bits per heavy atom. The van der Waals surface area contributed by atoms with E-state index in [9.17, 15) is 4.79 Å². The van der Waals surface area contributed by atoms with Gasteiger partial charge in [-0.25, -0.2) is 4.68 Å². The Morgan fingerprint density at radius 1 is 1.12 bits per heavy atom. The lowest BCUT2D eigenvalue weighted by atomic mass is 10.1. The second kappa shape index (κ2) is 6.51. The van der Waals surface area contributed by atoms with Gasteiger partial charge in [-0.2, -0.15) is 5.10 Å². The zero-order valence-corrected chi connectivity index (χ0v) is 14.1. The van der Waals surface area contributed by atoms with Crippen molar-refractivity contribution in [1.82, 2.24) is 20.1 Å². The molecule has 2 aromatic heterocycles. The molecule has 25 heavy (non-hydrogen) atoms. The van der Waals surface area contributed by atoms with Crippen LogP contribution in [0.3, 0.4) is 0 Å². The SMILES string of the molecule is C[C@@H](NC(=O)c1nn(-c2ccccc2)c2c1CCC2)c1ccccn1. The molecular formula is C20H20N4O. The van der Waals surface area contributed by atoms with Crippen molar-refractivity contribution >= 4 is 5.91 Å². The summed E-state index contributed by atoms with van der Waals surface area (Å²) in [6.45, 7) is 1.94. The van der Waals surface area contributed by atoms with E-state index in [2.05, 4.69) is 15.4 Å². The van der Waals surface area contributed by atoms with E-state index in [-0.39, 0.29) is 11.9 Å². The molecule has 3 aromatic rings. The highest BCUT2D eigenvalue weighted by atomic mass is 16.2. The average Bonchev–Trinajstić information content (AvgIpc) is 3.25. The maximum atomic E-state index is 12.8. The molecule has 5 heteroatoms. The molecule has 0 bridgehead atoms. The highest BCUT2D eigenvalue weighted by Crippen LogP contribution is 2.28. The molecule has 1 N–H and O–H groups in total. The molecule has 0 saturated heterocycles. The summed E-state index contributed by atoms with van der Waals surface area (Å²) < 4.78 is 1.92. The van der Waals surface area contributed by atoms with E-state index < -0.39 is 0 Å². The van der Waals surface area contributed by atoms with Gasteiger partial charge in [0.25, 0.3) is 5.91 Å². The van der Waals surface area contributed by atoms with Crippen LogP contribution in [0.4, 0.5) is 0 Å². The summed E-state index contributed by atoms with van der Waals surface area (Å²) in [7, 11) is 0. The van der Waals surface area contributed by atoms with Gasteiger partial charge in [0.05, 0.1) is 17.4 Å². The third kappa shape index (κ3) is 2.93. The number of nitrogens with zero attached hydrogens (tertiary/aromatic N) is 3. The standard InChI is InChI=1S/C20H20N4O/c1-14(17-11-5-6-13-21-17)22-20(25)19-16-10-7-12-18(16)24(23-19)15-8-3-2-4-9-15/h2-6,8-9,11,13-14H,7,10,12H2,1H3,(H,22,25)/t14-/m1/s1. The quantitative estimate of drug-likeness (QED) is 0.798. The smallest absolute Gasteiger partial charge is 0.272 e. The Kier molecular flexibility index (Phi) is 4.06. The molecule has 1 aliphatic rings. The van der Waals surface area contributed by atoms with Crippen LogP contribution in [0.15, 0.2) is 54.7 Å². The average molecular weight is 332 g/mol. The van der Waals surface area contributed by atoms with Crippen LogP contribution in [0, 0.1) is 0 Å². The van der Waals surface area contributed by atoms with Crippen molar-refractivity contribution < 1.29 is 4.79 Å². The van der Waals surface area contributed by atoms with E-state index in [1.54, 1.807) is 6.20 Å². The summed E-state index contributed by atoms with van der Waals surface area (Å²) in [4.78, 5) is 17.1. The number of amides is 1. The zero-order valence-electron chi connectivity index (χ0n) is 14.1. The molecule has 1 amide bonds. The van der Waals surface area contributed by atoms with Crippen molar-refractivity contribution in [3.8, 4) is 5.69 Å². The summed E-state index contributed by atoms with van der Waals surface area (Å²) in [6.07, 6.45) is 4.67. The Balaban J connectivity index is 1.64. The van der Waals surface area contributed by atoms with Crippen molar-refractivity contribution in [1.29, 1.82) is 0 Å². The summed E-state index contributed by atoms with van der Waals surface area (Å²) >= 11 is 0. The van der Waals surface area contributed by atoms with E-state index in [0.29, 0.717) is 5.69 Å². The van der Waals surface area contributed by atoms with Crippen LogP contribution in [0.25, 0.3) is 5.69 Å². The Morgan fingerprint density at radius 2 is 1.92 bits per heavy atom. The van der Waals surface area contributed by atoms with Gasteiger partial charge in [0.1, 0.15) is 0 Å². The number of para-hydroxylation sites is 1. The number of pyridine rings is 1. The summed E-state index contributed by atoms with van der Waals surface area (Å²) in [5, 5.41) is 7.66. The first-order chi connectivity index (χ1) is 12.2.